The number of aryl methyl sites for hydroxylation is 2. The third-order valence-electron chi connectivity index (χ3n) is 20.1. The van der Waals surface area contributed by atoms with E-state index in [0.717, 1.165) is 114 Å². The van der Waals surface area contributed by atoms with Gasteiger partial charge in [0, 0.05) is 71.8 Å². The molecule has 0 saturated heterocycles. The number of furan rings is 1. The van der Waals surface area contributed by atoms with Crippen LogP contribution < -0.4 is 14.2 Å². The van der Waals surface area contributed by atoms with Gasteiger partial charge in [-0.15, -0.1) is 11.3 Å². The molecule has 0 amide bonds. The maximum Gasteiger partial charge on any atom is 0.331 e. The van der Waals surface area contributed by atoms with Crippen LogP contribution in [0.2, 0.25) is 0 Å². The SMILES string of the molecule is C1=Cc2ccccc2C1.C1=NCc2ccccc21.C1=Nc2ccccc2C1.CC.CC.CC.CC.CC.CC.CC.CC.CC.CC.CC.CC.O=C1C=CC2C=CC=CC2O1.O=C1Cc2ccccc2O1.c1ccc2c(c1)CCC2.c1ccc2c(c1)CCO2.c1ccc2c(c1)CCO2.c1ccc2c(c1)CN=N2.c1ccc2ncccc2c1.c1ccc2occc2c1.c1ccc2ocnc2c1.c1ccc2scnc2c1. The van der Waals surface area contributed by atoms with Crippen LogP contribution in [-0.4, -0.2) is 58.6 Å². The molecular formula is C129H163N7O8S. The molecule has 0 N–H and O–H groups in total. The molecule has 0 bridgehead atoms. The Morgan fingerprint density at radius 2 is 0.841 bits per heavy atom. The fourth-order valence-electron chi connectivity index (χ4n) is 13.8. The van der Waals surface area contributed by atoms with Crippen molar-refractivity contribution in [1.82, 2.24) is 15.0 Å². The number of aliphatic imine (C=N–C) groups is 2. The minimum absolute atomic E-state index is 0.0718. The summed E-state index contributed by atoms with van der Waals surface area (Å²) in [5.41, 5.74) is 23.8. The predicted molar refractivity (Wildman–Crippen MR) is 624 cm³/mol. The Kier molecular flexibility index (Phi) is 72.3. The smallest absolute Gasteiger partial charge is 0.331 e. The van der Waals surface area contributed by atoms with Gasteiger partial charge in [-0.05, 0) is 161 Å². The van der Waals surface area contributed by atoms with Gasteiger partial charge in [0.1, 0.15) is 34.5 Å². The van der Waals surface area contributed by atoms with E-state index < -0.39 is 0 Å². The van der Waals surface area contributed by atoms with Crippen molar-refractivity contribution in [3.05, 3.63) is 437 Å². The number of nitrogens with zero attached hydrogens (tertiary/aromatic N) is 7. The summed E-state index contributed by atoms with van der Waals surface area (Å²) in [5, 5.41) is 10.2. The van der Waals surface area contributed by atoms with E-state index >= 15 is 0 Å². The molecule has 145 heavy (non-hydrogen) atoms. The minimum atomic E-state index is -0.244. The number of benzene rings is 12. The number of hydrogen-bond acceptors (Lipinski definition) is 16. The number of azo groups is 1. The van der Waals surface area contributed by atoms with Gasteiger partial charge < -0.3 is 27.8 Å². The summed E-state index contributed by atoms with van der Waals surface area (Å²) < 4.78 is 31.9. The molecule has 0 fully saturated rings. The van der Waals surface area contributed by atoms with Gasteiger partial charge in [0.15, 0.2) is 12.0 Å². The highest BCUT2D eigenvalue weighted by Gasteiger charge is 2.24. The first kappa shape index (κ1) is 126. The minimum Gasteiger partial charge on any atom is -0.493 e. The van der Waals surface area contributed by atoms with Crippen LogP contribution in [0.5, 0.6) is 17.2 Å². The van der Waals surface area contributed by atoms with Crippen LogP contribution in [0.25, 0.3) is 49.3 Å². The molecule has 768 valence electrons. The van der Waals surface area contributed by atoms with E-state index in [2.05, 4.69) is 150 Å². The molecular weight excluding hydrogens is 1810 g/mol. The third-order valence-corrected chi connectivity index (χ3v) is 20.9. The van der Waals surface area contributed by atoms with Crippen molar-refractivity contribution in [3.63, 3.8) is 0 Å². The number of fused-ring (bicyclic) bond motifs is 13. The lowest BCUT2D eigenvalue weighted by atomic mass is 9.95. The molecule has 10 aliphatic rings. The first-order chi connectivity index (χ1) is 71.8. The van der Waals surface area contributed by atoms with E-state index in [9.17, 15) is 9.59 Å². The highest BCUT2D eigenvalue weighted by molar-refractivity contribution is 7.16. The summed E-state index contributed by atoms with van der Waals surface area (Å²) in [6.45, 7) is 51.4. The Morgan fingerprint density at radius 1 is 0.352 bits per heavy atom. The van der Waals surface area contributed by atoms with Crippen LogP contribution >= 0.6 is 11.3 Å². The first-order valence-electron chi connectivity index (χ1n) is 52.5. The van der Waals surface area contributed by atoms with E-state index in [4.69, 9.17) is 27.8 Å². The summed E-state index contributed by atoms with van der Waals surface area (Å²) in [7, 11) is 0. The van der Waals surface area contributed by atoms with Gasteiger partial charge in [0.05, 0.1) is 71.6 Å². The van der Waals surface area contributed by atoms with E-state index in [0.29, 0.717) is 12.2 Å². The highest BCUT2D eigenvalue weighted by atomic mass is 32.1. The van der Waals surface area contributed by atoms with Gasteiger partial charge in [0.2, 0.25) is 0 Å². The van der Waals surface area contributed by atoms with Crippen molar-refractivity contribution in [2.24, 2.45) is 26.1 Å². The summed E-state index contributed by atoms with van der Waals surface area (Å²) in [6, 6.07) is 103. The number of aromatic nitrogens is 3. The Labute approximate surface area is 873 Å². The normalized spacial score (nSPS) is 12.8. The van der Waals surface area contributed by atoms with Gasteiger partial charge in [-0.3, -0.25) is 19.8 Å². The quantitative estimate of drug-likeness (QED) is 0.104. The molecule has 0 radical (unpaired) electrons. The maximum absolute atomic E-state index is 10.8. The molecule has 2 atom stereocenters. The van der Waals surface area contributed by atoms with Crippen LogP contribution in [-0.2, 0) is 72.4 Å². The molecule has 16 aromatic rings. The van der Waals surface area contributed by atoms with Crippen molar-refractivity contribution in [3.8, 4) is 17.2 Å². The number of ether oxygens (including phenoxy) is 4. The van der Waals surface area contributed by atoms with E-state index in [1.54, 1.807) is 34.8 Å². The van der Waals surface area contributed by atoms with E-state index in [-0.39, 0.29) is 24.0 Å². The Hall–Kier alpha value is -14.6. The van der Waals surface area contributed by atoms with Crippen molar-refractivity contribution >= 4 is 96.3 Å². The van der Waals surface area contributed by atoms with Crippen molar-refractivity contribution in [2.75, 3.05) is 13.2 Å². The van der Waals surface area contributed by atoms with Gasteiger partial charge >= 0.3 is 11.9 Å². The molecule has 2 unspecified atom stereocenters. The second kappa shape index (κ2) is 82.9. The average Bonchev–Trinajstić information content (AvgIpc) is 1.52. The lowest BCUT2D eigenvalue weighted by molar-refractivity contribution is -0.143. The molecule has 3 aliphatic carbocycles. The van der Waals surface area contributed by atoms with Gasteiger partial charge in [0.25, 0.3) is 0 Å². The molecule has 0 spiro atoms. The monoisotopic (exact) mass is 1970 g/mol. The molecule has 7 aliphatic heterocycles. The zero-order valence-corrected chi connectivity index (χ0v) is 91.8. The van der Waals surface area contributed by atoms with Crippen LogP contribution in [0.1, 0.15) is 234 Å². The topological polar surface area (TPSA) is 185 Å². The molecule has 11 heterocycles. The molecule has 15 nitrogen and oxygen atoms in total. The van der Waals surface area contributed by atoms with E-state index in [1.807, 2.05) is 421 Å². The summed E-state index contributed by atoms with van der Waals surface area (Å²) in [4.78, 5) is 42.0. The van der Waals surface area contributed by atoms with Crippen molar-refractivity contribution in [1.29, 1.82) is 0 Å². The average molecular weight is 1970 g/mol. The van der Waals surface area contributed by atoms with Gasteiger partial charge in [-0.2, -0.15) is 10.2 Å². The molecule has 12 aromatic carbocycles. The fraction of sp³-hybridized carbons (Fsp3) is 0.295. The number of pyridine rings is 1. The molecule has 26 rings (SSSR count). The largest absolute Gasteiger partial charge is 0.493 e. The van der Waals surface area contributed by atoms with Gasteiger partial charge in [-0.1, -0.05) is 433 Å². The van der Waals surface area contributed by atoms with E-state index in [1.165, 1.54) is 86.3 Å². The number of allylic oxidation sites excluding steroid dienone is 3. The number of carbonyl (C=O) groups is 2. The molecule has 0 saturated carbocycles. The lowest BCUT2D eigenvalue weighted by Crippen LogP contribution is -2.26. The maximum atomic E-state index is 10.8. The van der Waals surface area contributed by atoms with Crippen LogP contribution in [0.3, 0.4) is 0 Å². The fourth-order valence-corrected chi connectivity index (χ4v) is 14.5. The second-order valence-corrected chi connectivity index (χ2v) is 29.2. The number of para-hydroxylation sites is 9. The zero-order chi connectivity index (χ0) is 107. The highest BCUT2D eigenvalue weighted by Crippen LogP contribution is 2.30. The Balaban J connectivity index is 0.000000522. The molecule has 16 heteroatoms. The number of carbonyl (C=O) groups excluding carboxylic acids is 2. The number of rotatable bonds is 0. The first-order valence-corrected chi connectivity index (χ1v) is 53.4. The molecule has 4 aromatic heterocycles. The number of hydrogen-bond donors (Lipinski definition) is 0. The summed E-state index contributed by atoms with van der Waals surface area (Å²) >= 11 is 1.68. The standard InChI is InChI=1S/C9H7N.C9H8O2.C9H10.C9H8.2C8H7N.C8H6O2.2C8H8O.C8H6O.C7H6N2.C7H5NO.C7H5NS.12C2H6/c1-2-6-9-8(4-1)5-3-7-10-9;10-9-6-5-7-3-1-2-4-8(7)11-9;2*1-2-5-9-7-3-6-8(9)4-1;1-2-4-8-6-9-5-7(8)3-1;1-2-4-8-7(3-1)5-6-9-8;9-8-5-6-3-1-2-4-7(6)10-8;3*1-2-4-8-7(3-1)5-6-9-8;1-2-4-7-6(3-1)5-8-9-7;2*1-2-4-7-6(3-1)8-5-9-7;12*1-2/h1-7H;1-8H;1-2,4-5H,3,6-7H2;1-6H,7H2;1-5H,6H2;1-4,6H,5H2;1-4H,5H2;2*1-4H,5-6H2;1-6H;1-4H,5H2;2*1-5H;12*1-2H3. The number of oxazole rings is 1. The summed E-state index contributed by atoms with van der Waals surface area (Å²) in [5.74, 6) is 2.70. The van der Waals surface area contributed by atoms with Crippen LogP contribution in [0.4, 0.5) is 11.4 Å². The third kappa shape index (κ3) is 46.5. The lowest BCUT2D eigenvalue weighted by Gasteiger charge is -2.23. The Morgan fingerprint density at radius 3 is 1.41 bits per heavy atom. The number of thiazole rings is 1. The number of esters is 2. The second-order valence-electron chi connectivity index (χ2n) is 28.3. The zero-order valence-electron chi connectivity index (χ0n) is 91.0. The van der Waals surface area contributed by atoms with Crippen molar-refractivity contribution < 1.29 is 37.4 Å². The Bertz CT molecular complexity index is 5500. The van der Waals surface area contributed by atoms with Crippen LogP contribution in [0.15, 0.2) is 405 Å². The van der Waals surface area contributed by atoms with Gasteiger partial charge in [-0.25, -0.2) is 14.8 Å². The predicted octanol–water partition coefficient (Wildman–Crippen LogP) is 37.0. The van der Waals surface area contributed by atoms with Crippen molar-refractivity contribution in [2.45, 2.75) is 237 Å². The summed E-state index contributed by atoms with van der Waals surface area (Å²) in [6.07, 6.45) is 32.9. The van der Waals surface area contributed by atoms with Crippen LogP contribution in [0, 0.1) is 5.92 Å².